The van der Waals surface area contributed by atoms with Crippen molar-refractivity contribution in [3.05, 3.63) is 16.1 Å². The van der Waals surface area contributed by atoms with Crippen molar-refractivity contribution in [3.8, 4) is 0 Å². The van der Waals surface area contributed by atoms with Crippen molar-refractivity contribution in [2.45, 2.75) is 19.8 Å². The molecule has 0 aliphatic carbocycles. The minimum Gasteiger partial charge on any atom is -0.356 e. The van der Waals surface area contributed by atoms with E-state index in [1.54, 1.807) is 11.3 Å². The van der Waals surface area contributed by atoms with Crippen molar-refractivity contribution in [3.63, 3.8) is 0 Å². The monoisotopic (exact) mass is 232 g/mol. The fourth-order valence-corrected chi connectivity index (χ4v) is 1.85. The molecule has 1 aromatic rings. The van der Waals surface area contributed by atoms with E-state index < -0.39 is 0 Å². The topological polar surface area (TPSA) is 42.0 Å². The van der Waals surface area contributed by atoms with Crippen LogP contribution in [0.2, 0.25) is 0 Å². The van der Waals surface area contributed by atoms with Crippen LogP contribution < -0.4 is 5.32 Å². The molecule has 0 spiro atoms. The number of hydrogen-bond acceptors (Lipinski definition) is 3. The van der Waals surface area contributed by atoms with E-state index in [1.807, 2.05) is 12.3 Å². The number of rotatable bonds is 5. The first-order valence-electron chi connectivity index (χ1n) is 4.46. The summed E-state index contributed by atoms with van der Waals surface area (Å²) in [5.74, 6) is 0.383. The lowest BCUT2D eigenvalue weighted by molar-refractivity contribution is -0.120. The summed E-state index contributed by atoms with van der Waals surface area (Å²) in [5, 5.41) is 5.86. The molecule has 0 bridgehead atoms. The maximum atomic E-state index is 11.0. The number of alkyl halides is 1. The molecule has 0 atom stereocenters. The number of thiazole rings is 1. The van der Waals surface area contributed by atoms with Gasteiger partial charge in [-0.25, -0.2) is 4.98 Å². The molecule has 0 saturated heterocycles. The minimum absolute atomic E-state index is 0.00644. The number of carbonyl (C=O) groups excluding carboxylic acids is 1. The summed E-state index contributed by atoms with van der Waals surface area (Å²) in [6.07, 6.45) is 1.18. The highest BCUT2D eigenvalue weighted by Gasteiger charge is 2.01. The van der Waals surface area contributed by atoms with Crippen LogP contribution in [0.15, 0.2) is 5.38 Å². The third-order valence-electron chi connectivity index (χ3n) is 1.69. The summed E-state index contributed by atoms with van der Waals surface area (Å²) in [5.41, 5.74) is 1.04. The largest absolute Gasteiger partial charge is 0.356 e. The zero-order valence-electron chi connectivity index (χ0n) is 8.05. The zero-order chi connectivity index (χ0) is 10.4. The van der Waals surface area contributed by atoms with Gasteiger partial charge in [-0.3, -0.25) is 4.79 Å². The van der Waals surface area contributed by atoms with Crippen LogP contribution in [0.3, 0.4) is 0 Å². The number of aromatic nitrogens is 1. The summed E-state index contributed by atoms with van der Waals surface area (Å²) < 4.78 is 0. The van der Waals surface area contributed by atoms with Crippen LogP contribution in [-0.2, 0) is 11.2 Å². The van der Waals surface area contributed by atoms with Gasteiger partial charge in [-0.15, -0.1) is 22.9 Å². The quantitative estimate of drug-likeness (QED) is 0.786. The molecule has 3 nitrogen and oxygen atoms in total. The van der Waals surface area contributed by atoms with Crippen molar-refractivity contribution in [1.82, 2.24) is 10.3 Å². The summed E-state index contributed by atoms with van der Waals surface area (Å²) in [6.45, 7) is 2.61. The molecule has 1 aromatic heterocycles. The van der Waals surface area contributed by atoms with Gasteiger partial charge in [0.1, 0.15) is 0 Å². The van der Waals surface area contributed by atoms with Crippen molar-refractivity contribution < 1.29 is 4.79 Å². The van der Waals surface area contributed by atoms with E-state index >= 15 is 0 Å². The molecular weight excluding hydrogens is 220 g/mol. The number of nitrogens with zero attached hydrogens (tertiary/aromatic N) is 1. The molecule has 0 aliphatic heterocycles. The van der Waals surface area contributed by atoms with Crippen molar-refractivity contribution >= 4 is 28.8 Å². The van der Waals surface area contributed by atoms with Gasteiger partial charge in [0.25, 0.3) is 0 Å². The first kappa shape index (κ1) is 11.5. The van der Waals surface area contributed by atoms with Gasteiger partial charge in [-0.05, 0) is 6.92 Å². The average molecular weight is 233 g/mol. The van der Waals surface area contributed by atoms with Crippen molar-refractivity contribution in [2.75, 3.05) is 12.4 Å². The summed E-state index contributed by atoms with van der Waals surface area (Å²) in [4.78, 5) is 15.3. The van der Waals surface area contributed by atoms with Crippen LogP contribution in [-0.4, -0.2) is 23.3 Å². The smallest absolute Gasteiger partial charge is 0.221 e. The summed E-state index contributed by atoms with van der Waals surface area (Å²) >= 11 is 7.05. The molecule has 0 fully saturated rings. The lowest BCUT2D eigenvalue weighted by Crippen LogP contribution is -2.25. The van der Waals surface area contributed by atoms with Gasteiger partial charge >= 0.3 is 0 Å². The Kier molecular flexibility index (Phi) is 4.90. The highest BCUT2D eigenvalue weighted by molar-refractivity contribution is 7.09. The number of aryl methyl sites for hydroxylation is 1. The molecule has 1 N–H and O–H groups in total. The Labute approximate surface area is 92.5 Å². The number of amides is 1. The van der Waals surface area contributed by atoms with E-state index in [-0.39, 0.29) is 5.91 Å². The Morgan fingerprint density at radius 1 is 1.71 bits per heavy atom. The molecule has 1 amide bonds. The normalized spacial score (nSPS) is 10.1. The molecule has 1 heterocycles. The first-order chi connectivity index (χ1) is 6.72. The molecule has 0 radical (unpaired) electrons. The van der Waals surface area contributed by atoms with Gasteiger partial charge in [-0.1, -0.05) is 0 Å². The molecule has 14 heavy (non-hydrogen) atoms. The lowest BCUT2D eigenvalue weighted by Gasteiger charge is -2.01. The van der Waals surface area contributed by atoms with Crippen LogP contribution in [0.4, 0.5) is 0 Å². The van der Waals surface area contributed by atoms with Gasteiger partial charge < -0.3 is 5.32 Å². The van der Waals surface area contributed by atoms with Gasteiger partial charge in [0, 0.05) is 30.6 Å². The summed E-state index contributed by atoms with van der Waals surface area (Å²) in [6, 6.07) is 0. The molecule has 1 rings (SSSR count). The van der Waals surface area contributed by atoms with Crippen molar-refractivity contribution in [1.29, 1.82) is 0 Å². The Bertz CT molecular complexity index is 301. The van der Waals surface area contributed by atoms with Gasteiger partial charge in [-0.2, -0.15) is 0 Å². The second-order valence-electron chi connectivity index (χ2n) is 2.90. The predicted molar refractivity (Wildman–Crippen MR) is 58.9 cm³/mol. The number of halogens is 1. The van der Waals surface area contributed by atoms with Crippen LogP contribution >= 0.6 is 22.9 Å². The van der Waals surface area contributed by atoms with E-state index in [0.717, 1.165) is 17.1 Å². The molecule has 78 valence electrons. The average Bonchev–Trinajstić information content (AvgIpc) is 2.52. The highest BCUT2D eigenvalue weighted by Crippen LogP contribution is 2.07. The second-order valence-corrected chi connectivity index (χ2v) is 4.34. The first-order valence-corrected chi connectivity index (χ1v) is 5.87. The summed E-state index contributed by atoms with van der Waals surface area (Å²) in [7, 11) is 0. The fourth-order valence-electron chi connectivity index (χ4n) is 1.03. The maximum absolute atomic E-state index is 11.0. The predicted octanol–water partition coefficient (Wildman–Crippen LogP) is 1.74. The van der Waals surface area contributed by atoms with Gasteiger partial charge in [0.15, 0.2) is 0 Å². The second kappa shape index (κ2) is 5.98. The van der Waals surface area contributed by atoms with Crippen LogP contribution in [0.25, 0.3) is 0 Å². The molecule has 0 aromatic carbocycles. The maximum Gasteiger partial charge on any atom is 0.221 e. The van der Waals surface area contributed by atoms with Crippen LogP contribution in [0.5, 0.6) is 0 Å². The third-order valence-corrected chi connectivity index (χ3v) is 2.70. The van der Waals surface area contributed by atoms with E-state index in [2.05, 4.69) is 10.3 Å². The Morgan fingerprint density at radius 2 is 2.50 bits per heavy atom. The molecule has 0 saturated carbocycles. The van der Waals surface area contributed by atoms with Crippen LogP contribution in [0.1, 0.15) is 17.1 Å². The number of carbonyl (C=O) groups is 1. The third kappa shape index (κ3) is 4.07. The van der Waals surface area contributed by atoms with E-state index in [1.165, 1.54) is 0 Å². The molecule has 0 aliphatic rings. The SMILES string of the molecule is Cc1nc(CCNC(=O)CCCl)cs1. The lowest BCUT2D eigenvalue weighted by atomic mass is 10.3. The Balaban J connectivity index is 2.18. The Hall–Kier alpha value is -0.610. The highest BCUT2D eigenvalue weighted by atomic mass is 35.5. The molecule has 0 unspecified atom stereocenters. The van der Waals surface area contributed by atoms with E-state index in [9.17, 15) is 4.79 Å². The minimum atomic E-state index is 0.00644. The zero-order valence-corrected chi connectivity index (χ0v) is 9.62. The molecular formula is C9H13ClN2OS. The fraction of sp³-hybridized carbons (Fsp3) is 0.556. The van der Waals surface area contributed by atoms with Crippen molar-refractivity contribution in [2.24, 2.45) is 0 Å². The van der Waals surface area contributed by atoms with E-state index in [0.29, 0.717) is 18.8 Å². The standard InChI is InChI=1S/C9H13ClN2OS/c1-7-12-8(6-14-7)3-5-11-9(13)2-4-10/h6H,2-5H2,1H3,(H,11,13). The van der Waals surface area contributed by atoms with Crippen LogP contribution in [0, 0.1) is 6.92 Å². The van der Waals surface area contributed by atoms with Gasteiger partial charge in [0.2, 0.25) is 5.91 Å². The number of nitrogens with one attached hydrogen (secondary N) is 1. The van der Waals surface area contributed by atoms with E-state index in [4.69, 9.17) is 11.6 Å². The molecule has 5 heteroatoms. The van der Waals surface area contributed by atoms with Gasteiger partial charge in [0.05, 0.1) is 10.7 Å². The Morgan fingerprint density at radius 3 is 3.07 bits per heavy atom. The number of hydrogen-bond donors (Lipinski definition) is 1.